The normalized spacial score (nSPS) is 35.4. The first-order valence-electron chi connectivity index (χ1n) is 20.3. The zero-order chi connectivity index (χ0) is 35.3. The number of carbonyl (C=O) groups is 3. The molecule has 7 nitrogen and oxygen atoms in total. The third-order valence-corrected chi connectivity index (χ3v) is 14.2. The Morgan fingerprint density at radius 2 is 1.80 bits per heavy atom. The average molecular weight is 681 g/mol. The fourth-order valence-corrected chi connectivity index (χ4v) is 11.3. The first-order valence-corrected chi connectivity index (χ1v) is 20.3. The lowest BCUT2D eigenvalue weighted by atomic mass is 9.47. The molecule has 1 aliphatic heterocycles. The quantitative estimate of drug-likeness (QED) is 0.0745. The predicted molar refractivity (Wildman–Crippen MR) is 196 cm³/mol. The lowest BCUT2D eigenvalue weighted by Gasteiger charge is -2.58. The Morgan fingerprint density at radius 1 is 1.00 bits per heavy atom. The Balaban J connectivity index is 1.10. The van der Waals surface area contributed by atoms with E-state index in [1.54, 1.807) is 12.5 Å². The number of ketones is 1. The van der Waals surface area contributed by atoms with E-state index in [0.717, 1.165) is 66.9 Å². The van der Waals surface area contributed by atoms with E-state index in [0.29, 0.717) is 24.8 Å². The number of rotatable bonds is 15. The zero-order valence-electron chi connectivity index (χ0n) is 32.1. The number of carbonyl (C=O) groups excluding carboxylic acids is 3. The molecule has 0 aromatic rings. The third-order valence-electron chi connectivity index (χ3n) is 14.2. The van der Waals surface area contributed by atoms with Crippen LogP contribution < -0.4 is 0 Å². The van der Waals surface area contributed by atoms with Gasteiger partial charge in [0.05, 0.1) is 25.1 Å². The van der Waals surface area contributed by atoms with Gasteiger partial charge >= 0.3 is 5.97 Å². The lowest BCUT2D eigenvalue weighted by molar-refractivity contribution is -0.150. The highest BCUT2D eigenvalue weighted by molar-refractivity contribution is 5.88. The summed E-state index contributed by atoms with van der Waals surface area (Å²) in [5.74, 6) is 4.77. The minimum absolute atomic E-state index is 0.0208. The van der Waals surface area contributed by atoms with Gasteiger partial charge in [-0.05, 0) is 97.7 Å². The van der Waals surface area contributed by atoms with Crippen LogP contribution in [0.1, 0.15) is 158 Å². The maximum Gasteiger partial charge on any atom is 0.306 e. The molecule has 49 heavy (non-hydrogen) atoms. The Labute approximate surface area is 297 Å². The second kappa shape index (κ2) is 16.4. The largest absolute Gasteiger partial charge is 0.460 e. The standard InChI is InChI=1S/C42H68N2O5/c1-8-32-26-34(49-40(47)18-14-33(45)9-2)27-44(32)39(46)21-24-48-43-31-19-22-41(6)30(25-31)13-15-35-37-17-16-36(29(5)12-10-11-28(3)4)42(37,7)23-20-38(35)41/h13,28-29,32,34-38H,8-12,14-27H2,1-7H3/b43-31-/t29-,32-,34-,35?,36-,37?,38?,41+,42-/m1/s1. The molecule has 3 unspecified atom stereocenters. The van der Waals surface area contributed by atoms with Gasteiger partial charge in [-0.2, -0.15) is 0 Å². The zero-order valence-corrected chi connectivity index (χ0v) is 32.1. The average Bonchev–Trinajstić information content (AvgIpc) is 3.65. The SMILES string of the molecule is CCC(=O)CCC(=O)O[C@@H]1C[C@@H](CC)N(C(=O)CCO/N=C2/CC[C@@]3(C)C(=CCC4C3CC[C@@]3(C)C4CC[C@@H]3[C@H](C)CCCC(C)C)C2)C1. The van der Waals surface area contributed by atoms with Gasteiger partial charge in [0.25, 0.3) is 0 Å². The summed E-state index contributed by atoms with van der Waals surface area (Å²) in [4.78, 5) is 44.6. The molecule has 7 heteroatoms. The van der Waals surface area contributed by atoms with Crippen LogP contribution in [-0.2, 0) is 24.0 Å². The van der Waals surface area contributed by atoms with Gasteiger partial charge in [-0.25, -0.2) is 0 Å². The number of hydrogen-bond acceptors (Lipinski definition) is 6. The number of oxime groups is 1. The highest BCUT2D eigenvalue weighted by Gasteiger charge is 2.59. The third kappa shape index (κ3) is 8.49. The van der Waals surface area contributed by atoms with Crippen LogP contribution in [0.3, 0.4) is 0 Å². The van der Waals surface area contributed by atoms with Crippen molar-refractivity contribution in [3.63, 3.8) is 0 Å². The van der Waals surface area contributed by atoms with E-state index in [1.165, 1.54) is 51.4 Å². The molecular formula is C42H68N2O5. The summed E-state index contributed by atoms with van der Waals surface area (Å²) in [6.07, 6.45) is 18.8. The van der Waals surface area contributed by atoms with Crippen molar-refractivity contribution in [2.75, 3.05) is 13.2 Å². The van der Waals surface area contributed by atoms with E-state index in [2.05, 4.69) is 52.8 Å². The fraction of sp³-hybridized carbons (Fsp3) is 0.857. The number of fused-ring (bicyclic) bond motifs is 5. The molecule has 0 aromatic heterocycles. The second-order valence-electron chi connectivity index (χ2n) is 17.6. The maximum absolute atomic E-state index is 13.1. The van der Waals surface area contributed by atoms with Crippen LogP contribution in [0.5, 0.6) is 0 Å². The van der Waals surface area contributed by atoms with E-state index >= 15 is 0 Å². The van der Waals surface area contributed by atoms with E-state index < -0.39 is 0 Å². The van der Waals surface area contributed by atoms with Crippen molar-refractivity contribution in [3.05, 3.63) is 11.6 Å². The highest BCUT2D eigenvalue weighted by atomic mass is 16.6. The topological polar surface area (TPSA) is 85.3 Å². The monoisotopic (exact) mass is 681 g/mol. The van der Waals surface area contributed by atoms with Crippen LogP contribution in [0.15, 0.2) is 16.8 Å². The molecule has 1 heterocycles. The van der Waals surface area contributed by atoms with Gasteiger partial charge < -0.3 is 14.5 Å². The van der Waals surface area contributed by atoms with Crippen LogP contribution in [0, 0.1) is 46.3 Å². The van der Waals surface area contributed by atoms with Crippen LogP contribution in [0.4, 0.5) is 0 Å². The Hall–Kier alpha value is -2.18. The number of Topliss-reactive ketones (excluding diaryl/α,β-unsaturated/α-hetero) is 1. The molecule has 0 N–H and O–H groups in total. The van der Waals surface area contributed by atoms with Gasteiger partial charge in [-0.15, -0.1) is 0 Å². The van der Waals surface area contributed by atoms with Gasteiger partial charge in [0.15, 0.2) is 0 Å². The summed E-state index contributed by atoms with van der Waals surface area (Å²) in [6, 6.07) is 0.0536. The molecule has 5 aliphatic rings. The molecule has 9 atom stereocenters. The summed E-state index contributed by atoms with van der Waals surface area (Å²) in [6.45, 7) is 17.1. The molecule has 5 rings (SSSR count). The molecule has 0 bridgehead atoms. The van der Waals surface area contributed by atoms with Gasteiger partial charge in [0.1, 0.15) is 18.5 Å². The Morgan fingerprint density at radius 3 is 2.53 bits per heavy atom. The molecule has 276 valence electrons. The summed E-state index contributed by atoms with van der Waals surface area (Å²) < 4.78 is 5.62. The smallest absolute Gasteiger partial charge is 0.306 e. The summed E-state index contributed by atoms with van der Waals surface area (Å²) in [5, 5.41) is 4.58. The molecule has 3 saturated carbocycles. The van der Waals surface area contributed by atoms with Crippen LogP contribution in [0.25, 0.3) is 0 Å². The Kier molecular flexibility index (Phi) is 12.8. The summed E-state index contributed by atoms with van der Waals surface area (Å²) in [7, 11) is 0. The maximum atomic E-state index is 13.1. The minimum atomic E-state index is -0.353. The van der Waals surface area contributed by atoms with Crippen molar-refractivity contribution in [2.45, 2.75) is 170 Å². The molecule has 1 saturated heterocycles. The molecule has 0 aromatic carbocycles. The van der Waals surface area contributed by atoms with Crippen LogP contribution >= 0.6 is 0 Å². The van der Waals surface area contributed by atoms with Crippen LogP contribution in [0.2, 0.25) is 0 Å². The molecule has 0 spiro atoms. The molecule has 4 fully saturated rings. The van der Waals surface area contributed by atoms with Gasteiger partial charge in [-0.1, -0.05) is 84.5 Å². The van der Waals surface area contributed by atoms with Crippen molar-refractivity contribution in [2.24, 2.45) is 51.5 Å². The number of nitrogens with zero attached hydrogens (tertiary/aromatic N) is 2. The number of hydrogen-bond donors (Lipinski definition) is 0. The summed E-state index contributed by atoms with van der Waals surface area (Å²) >= 11 is 0. The molecule has 4 aliphatic carbocycles. The van der Waals surface area contributed by atoms with Crippen molar-refractivity contribution >= 4 is 23.4 Å². The van der Waals surface area contributed by atoms with Crippen molar-refractivity contribution in [3.8, 4) is 0 Å². The van der Waals surface area contributed by atoms with E-state index in [9.17, 15) is 14.4 Å². The van der Waals surface area contributed by atoms with E-state index in [4.69, 9.17) is 9.57 Å². The molecule has 0 radical (unpaired) electrons. The van der Waals surface area contributed by atoms with E-state index in [1.807, 2.05) is 4.90 Å². The number of ether oxygens (including phenoxy) is 1. The first-order chi connectivity index (χ1) is 23.4. The van der Waals surface area contributed by atoms with Crippen molar-refractivity contribution in [1.29, 1.82) is 0 Å². The van der Waals surface area contributed by atoms with Crippen molar-refractivity contribution in [1.82, 2.24) is 4.90 Å². The number of likely N-dealkylation sites (tertiary alicyclic amines) is 1. The van der Waals surface area contributed by atoms with Crippen molar-refractivity contribution < 1.29 is 24.0 Å². The van der Waals surface area contributed by atoms with Gasteiger partial charge in [0, 0.05) is 31.7 Å². The minimum Gasteiger partial charge on any atom is -0.460 e. The van der Waals surface area contributed by atoms with Gasteiger partial charge in [0.2, 0.25) is 5.91 Å². The van der Waals surface area contributed by atoms with Crippen LogP contribution in [-0.4, -0.2) is 53.6 Å². The summed E-state index contributed by atoms with van der Waals surface area (Å²) in [5.41, 5.74) is 3.49. The highest BCUT2D eigenvalue weighted by Crippen LogP contribution is 2.67. The second-order valence-corrected chi connectivity index (χ2v) is 17.6. The predicted octanol–water partition coefficient (Wildman–Crippen LogP) is 9.47. The number of amides is 1. The molecular weight excluding hydrogens is 612 g/mol. The fourth-order valence-electron chi connectivity index (χ4n) is 11.3. The van der Waals surface area contributed by atoms with Gasteiger partial charge in [-0.3, -0.25) is 14.4 Å². The van der Waals surface area contributed by atoms with E-state index in [-0.39, 0.29) is 61.1 Å². The number of allylic oxidation sites excluding steroid dienone is 2. The Bertz CT molecular complexity index is 1240. The number of esters is 1. The first kappa shape index (κ1) is 38.1. The molecule has 1 amide bonds. The lowest BCUT2D eigenvalue weighted by Crippen LogP contribution is -2.50.